The van der Waals surface area contributed by atoms with Crippen LogP contribution in [0.1, 0.15) is 30.9 Å². The van der Waals surface area contributed by atoms with E-state index in [4.69, 9.17) is 25.8 Å². The molecule has 2 aromatic carbocycles. The maximum Gasteiger partial charge on any atom is 0.326 e. The van der Waals surface area contributed by atoms with Crippen molar-refractivity contribution < 1.29 is 28.6 Å². The van der Waals surface area contributed by atoms with Crippen molar-refractivity contribution in [2.75, 3.05) is 20.3 Å². The Morgan fingerprint density at radius 3 is 2.71 bits per heavy atom. The van der Waals surface area contributed by atoms with Gasteiger partial charge in [0.15, 0.2) is 11.5 Å². The summed E-state index contributed by atoms with van der Waals surface area (Å²) in [5, 5.41) is 0.100. The van der Waals surface area contributed by atoms with Gasteiger partial charge in [0.2, 0.25) is 0 Å². The number of unbranched alkanes of at least 4 members (excludes halogenated alkanes) is 1. The molecule has 0 N–H and O–H groups in total. The molecule has 0 saturated carbocycles. The summed E-state index contributed by atoms with van der Waals surface area (Å²) in [5.41, 5.74) is 1.50. The maximum absolute atomic E-state index is 12.7. The van der Waals surface area contributed by atoms with Gasteiger partial charge in [0.1, 0.15) is 13.2 Å². The van der Waals surface area contributed by atoms with Crippen LogP contribution in [0.3, 0.4) is 0 Å². The van der Waals surface area contributed by atoms with Crippen LogP contribution in [0, 0.1) is 3.57 Å². The summed E-state index contributed by atoms with van der Waals surface area (Å²) < 4.78 is 17.3. The second-order valence-corrected chi connectivity index (χ2v) is 9.82. The first-order chi connectivity index (χ1) is 16.3. The highest BCUT2D eigenvalue weighted by Gasteiger charge is 2.36. The number of thioether (sulfide) groups is 1. The Balaban J connectivity index is 1.74. The second-order valence-electron chi connectivity index (χ2n) is 7.26. The molecule has 2 aromatic rings. The number of halogens is 2. The first kappa shape index (κ1) is 26.4. The van der Waals surface area contributed by atoms with Gasteiger partial charge in [0.25, 0.3) is 11.1 Å². The van der Waals surface area contributed by atoms with Crippen molar-refractivity contribution in [3.05, 3.63) is 61.0 Å². The van der Waals surface area contributed by atoms with Crippen molar-refractivity contribution in [3.8, 4) is 11.5 Å². The summed E-state index contributed by atoms with van der Waals surface area (Å²) in [6.07, 6.45) is 3.20. The molecule has 1 heterocycles. The van der Waals surface area contributed by atoms with Crippen LogP contribution in [0.15, 0.2) is 41.3 Å². The molecule has 0 spiro atoms. The predicted molar refractivity (Wildman–Crippen MR) is 140 cm³/mol. The van der Waals surface area contributed by atoms with E-state index in [1.54, 1.807) is 18.2 Å². The molecule has 0 bridgehead atoms. The molecule has 1 aliphatic heterocycles. The number of hydrogen-bond acceptors (Lipinski definition) is 7. The van der Waals surface area contributed by atoms with Crippen LogP contribution in [0.25, 0.3) is 6.08 Å². The first-order valence-corrected chi connectivity index (χ1v) is 12.8. The molecule has 1 aliphatic rings. The Morgan fingerprint density at radius 1 is 1.24 bits per heavy atom. The van der Waals surface area contributed by atoms with E-state index in [-0.39, 0.29) is 18.1 Å². The van der Waals surface area contributed by atoms with E-state index in [0.717, 1.165) is 38.6 Å². The Kier molecular flexibility index (Phi) is 9.66. The molecule has 1 saturated heterocycles. The summed E-state index contributed by atoms with van der Waals surface area (Å²) >= 11 is 9.11. The van der Waals surface area contributed by atoms with Gasteiger partial charge in [0, 0.05) is 10.6 Å². The molecule has 2 amide bonds. The molecule has 1 fully saturated rings. The summed E-state index contributed by atoms with van der Waals surface area (Å²) in [4.78, 5) is 38.1. The highest BCUT2D eigenvalue weighted by Crippen LogP contribution is 2.38. The zero-order chi connectivity index (χ0) is 24.7. The Hall–Kier alpha value is -2.24. The van der Waals surface area contributed by atoms with Gasteiger partial charge < -0.3 is 14.2 Å². The van der Waals surface area contributed by atoms with Crippen molar-refractivity contribution in [3.63, 3.8) is 0 Å². The highest BCUT2D eigenvalue weighted by atomic mass is 127. The lowest BCUT2D eigenvalue weighted by molar-refractivity contribution is -0.146. The molecule has 7 nitrogen and oxygen atoms in total. The Morgan fingerprint density at radius 2 is 2.00 bits per heavy atom. The van der Waals surface area contributed by atoms with Crippen molar-refractivity contribution in [1.29, 1.82) is 0 Å². The third-order valence-electron chi connectivity index (χ3n) is 4.80. The Bertz CT molecular complexity index is 1120. The van der Waals surface area contributed by atoms with Crippen LogP contribution in [0.4, 0.5) is 4.79 Å². The lowest BCUT2D eigenvalue weighted by Gasteiger charge is -2.14. The summed E-state index contributed by atoms with van der Waals surface area (Å²) in [5.74, 6) is -0.115. The fourth-order valence-electron chi connectivity index (χ4n) is 3.02. The van der Waals surface area contributed by atoms with Gasteiger partial charge in [-0.25, -0.2) is 0 Å². The molecule has 0 aliphatic carbocycles. The molecule has 0 radical (unpaired) electrons. The number of benzene rings is 2. The van der Waals surface area contributed by atoms with Crippen molar-refractivity contribution >= 4 is 69.1 Å². The first-order valence-electron chi connectivity index (χ1n) is 10.5. The van der Waals surface area contributed by atoms with Crippen LogP contribution < -0.4 is 9.47 Å². The lowest BCUT2D eigenvalue weighted by Crippen LogP contribution is -2.34. The molecule has 34 heavy (non-hydrogen) atoms. The average molecular weight is 616 g/mol. The number of carbonyl (C=O) groups excluding carboxylic acids is 3. The van der Waals surface area contributed by atoms with E-state index in [1.807, 2.05) is 31.2 Å². The zero-order valence-electron chi connectivity index (χ0n) is 18.6. The van der Waals surface area contributed by atoms with E-state index in [2.05, 4.69) is 22.6 Å². The van der Waals surface area contributed by atoms with Gasteiger partial charge in [-0.15, -0.1) is 0 Å². The largest absolute Gasteiger partial charge is 0.493 e. The third-order valence-corrected chi connectivity index (χ3v) is 6.88. The second kappa shape index (κ2) is 12.5. The summed E-state index contributed by atoms with van der Waals surface area (Å²) in [7, 11) is 1.52. The van der Waals surface area contributed by atoms with Gasteiger partial charge in [-0.2, -0.15) is 0 Å². The van der Waals surface area contributed by atoms with E-state index in [0.29, 0.717) is 22.1 Å². The maximum atomic E-state index is 12.7. The molecule has 3 rings (SSSR count). The lowest BCUT2D eigenvalue weighted by atomic mass is 10.1. The number of ether oxygens (including phenoxy) is 3. The van der Waals surface area contributed by atoms with Crippen molar-refractivity contribution in [1.82, 2.24) is 4.90 Å². The molecule has 10 heteroatoms. The van der Waals surface area contributed by atoms with E-state index in [9.17, 15) is 14.4 Å². The monoisotopic (exact) mass is 615 g/mol. The van der Waals surface area contributed by atoms with Crippen molar-refractivity contribution in [2.45, 2.75) is 26.4 Å². The van der Waals surface area contributed by atoms with Crippen LogP contribution in [-0.4, -0.2) is 42.3 Å². The van der Waals surface area contributed by atoms with Crippen molar-refractivity contribution in [2.24, 2.45) is 0 Å². The van der Waals surface area contributed by atoms with Gasteiger partial charge in [-0.3, -0.25) is 19.3 Å². The quantitative estimate of drug-likeness (QED) is 0.142. The fourth-order valence-corrected chi connectivity index (χ4v) is 4.83. The summed E-state index contributed by atoms with van der Waals surface area (Å²) in [6.45, 7) is 2.10. The molecular formula is C24H23ClINO6S. The third kappa shape index (κ3) is 6.67. The summed E-state index contributed by atoms with van der Waals surface area (Å²) in [6, 6.07) is 10.9. The zero-order valence-corrected chi connectivity index (χ0v) is 22.4. The van der Waals surface area contributed by atoms with Gasteiger partial charge in [0.05, 0.1) is 22.2 Å². The van der Waals surface area contributed by atoms with Gasteiger partial charge in [-0.1, -0.05) is 43.1 Å². The minimum atomic E-state index is -0.603. The van der Waals surface area contributed by atoms with E-state index < -0.39 is 23.7 Å². The van der Waals surface area contributed by atoms with E-state index in [1.165, 1.54) is 7.11 Å². The van der Waals surface area contributed by atoms with E-state index >= 15 is 0 Å². The molecule has 0 atom stereocenters. The standard InChI is InChI=1S/C24H23ClINO6S/c1-3-4-9-32-21(28)13-27-23(29)20(34-24(27)30)12-15-10-18(26)22(19(11-15)31-2)33-14-16-7-5-6-8-17(16)25/h5-8,10-12H,3-4,9,13-14H2,1-2H3/b20-12+. The molecule has 0 aromatic heterocycles. The average Bonchev–Trinajstić information content (AvgIpc) is 3.06. The number of imide groups is 1. The van der Waals surface area contributed by atoms with Gasteiger partial charge in [-0.05, 0) is 70.6 Å². The predicted octanol–water partition coefficient (Wildman–Crippen LogP) is 5.91. The number of esters is 1. The van der Waals surface area contributed by atoms with Crippen LogP contribution in [-0.2, 0) is 20.9 Å². The highest BCUT2D eigenvalue weighted by molar-refractivity contribution is 14.1. The molecular weight excluding hydrogens is 593 g/mol. The molecule has 0 unspecified atom stereocenters. The smallest absolute Gasteiger partial charge is 0.326 e. The minimum Gasteiger partial charge on any atom is -0.493 e. The number of amides is 2. The number of rotatable bonds is 10. The molecule has 180 valence electrons. The van der Waals surface area contributed by atoms with Crippen LogP contribution >= 0.6 is 46.0 Å². The number of hydrogen-bond donors (Lipinski definition) is 0. The minimum absolute atomic E-state index is 0.217. The van der Waals surface area contributed by atoms with Crippen LogP contribution in [0.2, 0.25) is 5.02 Å². The Labute approximate surface area is 220 Å². The van der Waals surface area contributed by atoms with Gasteiger partial charge >= 0.3 is 5.97 Å². The fraction of sp³-hybridized carbons (Fsp3) is 0.292. The van der Waals surface area contributed by atoms with Crippen LogP contribution in [0.5, 0.6) is 11.5 Å². The number of carbonyl (C=O) groups is 3. The topological polar surface area (TPSA) is 82.1 Å². The number of nitrogens with zero attached hydrogens (tertiary/aromatic N) is 1. The normalized spacial score (nSPS) is 14.6. The number of methoxy groups -OCH3 is 1. The SMILES string of the molecule is CCCCOC(=O)CN1C(=O)S/C(=C/c2cc(I)c(OCc3ccccc3Cl)c(OC)c2)C1=O.